The van der Waals surface area contributed by atoms with Gasteiger partial charge in [0, 0.05) is 13.6 Å². The summed E-state index contributed by atoms with van der Waals surface area (Å²) < 4.78 is 1.98. The zero-order chi connectivity index (χ0) is 15.8. The van der Waals surface area contributed by atoms with Crippen molar-refractivity contribution < 1.29 is 4.79 Å². The molecule has 0 aliphatic carbocycles. The van der Waals surface area contributed by atoms with Gasteiger partial charge in [-0.2, -0.15) is 0 Å². The minimum atomic E-state index is -0.578. The van der Waals surface area contributed by atoms with Crippen LogP contribution in [0.4, 0.5) is 0 Å². The second-order valence-corrected chi connectivity index (χ2v) is 6.80. The average Bonchev–Trinajstić information content (AvgIpc) is 2.78. The van der Waals surface area contributed by atoms with Crippen LogP contribution in [0, 0.1) is 5.41 Å². The molecule has 0 fully saturated rings. The molecule has 1 heterocycles. The van der Waals surface area contributed by atoms with Crippen LogP contribution in [-0.2, 0) is 11.3 Å². The van der Waals surface area contributed by atoms with E-state index in [1.54, 1.807) is 13.1 Å². The SMILES string of the molecule is CNC(=O)C(C)(C)Cn1c(C(C)Cl)nc2c(Cl)cccc21. The number of hydrogen-bond acceptors (Lipinski definition) is 2. The van der Waals surface area contributed by atoms with Crippen LogP contribution < -0.4 is 5.32 Å². The molecule has 1 amide bonds. The lowest BCUT2D eigenvalue weighted by Crippen LogP contribution is -2.38. The molecule has 4 nitrogen and oxygen atoms in total. The fourth-order valence-corrected chi connectivity index (χ4v) is 2.78. The molecule has 21 heavy (non-hydrogen) atoms. The molecular formula is C15H19Cl2N3O. The van der Waals surface area contributed by atoms with E-state index in [0.717, 1.165) is 16.9 Å². The standard InChI is InChI=1S/C15H19Cl2N3O/c1-9(16)13-19-12-10(17)6-5-7-11(12)20(13)8-15(2,3)14(21)18-4/h5-7,9H,8H2,1-4H3,(H,18,21). The summed E-state index contributed by atoms with van der Waals surface area (Å²) in [4.78, 5) is 16.6. The van der Waals surface area contributed by atoms with E-state index in [2.05, 4.69) is 10.3 Å². The molecule has 0 spiro atoms. The number of nitrogens with one attached hydrogen (secondary N) is 1. The number of halogens is 2. The van der Waals surface area contributed by atoms with Crippen LogP contribution in [-0.4, -0.2) is 22.5 Å². The molecule has 0 aliphatic heterocycles. The second kappa shape index (κ2) is 5.85. The number of rotatable bonds is 4. The van der Waals surface area contributed by atoms with Gasteiger partial charge in [-0.25, -0.2) is 4.98 Å². The minimum absolute atomic E-state index is 0.0282. The van der Waals surface area contributed by atoms with Gasteiger partial charge in [-0.1, -0.05) is 17.7 Å². The van der Waals surface area contributed by atoms with Gasteiger partial charge in [0.2, 0.25) is 5.91 Å². The zero-order valence-corrected chi connectivity index (χ0v) is 14.1. The van der Waals surface area contributed by atoms with Crippen molar-refractivity contribution in [3.63, 3.8) is 0 Å². The Hall–Kier alpha value is -1.26. The van der Waals surface area contributed by atoms with Crippen molar-refractivity contribution in [3.8, 4) is 0 Å². The molecule has 0 saturated carbocycles. The summed E-state index contributed by atoms with van der Waals surface area (Å²) in [6.07, 6.45) is 0. The van der Waals surface area contributed by atoms with E-state index in [9.17, 15) is 4.79 Å². The van der Waals surface area contributed by atoms with Crippen LogP contribution in [0.25, 0.3) is 11.0 Å². The number of para-hydroxylation sites is 1. The Labute approximate surface area is 134 Å². The number of amides is 1. The van der Waals surface area contributed by atoms with E-state index in [1.807, 2.05) is 37.5 Å². The van der Waals surface area contributed by atoms with Gasteiger partial charge in [0.15, 0.2) is 0 Å². The Morgan fingerprint density at radius 3 is 2.71 bits per heavy atom. The van der Waals surface area contributed by atoms with Crippen LogP contribution >= 0.6 is 23.2 Å². The first-order valence-electron chi connectivity index (χ1n) is 6.79. The van der Waals surface area contributed by atoms with E-state index in [1.165, 1.54) is 0 Å². The summed E-state index contributed by atoms with van der Waals surface area (Å²) in [5.74, 6) is 0.691. The number of nitrogens with zero attached hydrogens (tertiary/aromatic N) is 2. The Kier molecular flexibility index (Phi) is 4.49. The van der Waals surface area contributed by atoms with Gasteiger partial charge in [-0.3, -0.25) is 4.79 Å². The van der Waals surface area contributed by atoms with Crippen LogP contribution in [0.2, 0.25) is 5.02 Å². The molecule has 2 rings (SSSR count). The highest BCUT2D eigenvalue weighted by Crippen LogP contribution is 2.31. The number of alkyl halides is 1. The Bertz CT molecular complexity index is 677. The van der Waals surface area contributed by atoms with Crippen LogP contribution in [0.15, 0.2) is 18.2 Å². The number of benzene rings is 1. The molecule has 1 unspecified atom stereocenters. The summed E-state index contributed by atoms with van der Waals surface area (Å²) in [6, 6.07) is 5.61. The quantitative estimate of drug-likeness (QED) is 0.869. The zero-order valence-electron chi connectivity index (χ0n) is 12.6. The van der Waals surface area contributed by atoms with Gasteiger partial charge in [0.25, 0.3) is 0 Å². The molecule has 1 aromatic heterocycles. The summed E-state index contributed by atoms with van der Waals surface area (Å²) in [7, 11) is 1.64. The first-order valence-corrected chi connectivity index (χ1v) is 7.60. The van der Waals surface area contributed by atoms with Crippen molar-refractivity contribution in [3.05, 3.63) is 29.0 Å². The van der Waals surface area contributed by atoms with Crippen LogP contribution in [0.1, 0.15) is 32.0 Å². The lowest BCUT2D eigenvalue weighted by molar-refractivity contribution is -0.129. The molecule has 0 radical (unpaired) electrons. The number of imidazole rings is 1. The molecule has 1 N–H and O–H groups in total. The number of carbonyl (C=O) groups is 1. The first-order chi connectivity index (χ1) is 9.77. The lowest BCUT2D eigenvalue weighted by atomic mass is 9.92. The topological polar surface area (TPSA) is 46.9 Å². The molecule has 0 bridgehead atoms. The molecule has 1 atom stereocenters. The summed E-state index contributed by atoms with van der Waals surface area (Å²) in [6.45, 7) is 6.13. The highest BCUT2D eigenvalue weighted by molar-refractivity contribution is 6.35. The van der Waals surface area contributed by atoms with Gasteiger partial charge in [0.1, 0.15) is 11.3 Å². The molecule has 2 aromatic rings. The third-order valence-electron chi connectivity index (χ3n) is 3.51. The Morgan fingerprint density at radius 2 is 2.14 bits per heavy atom. The maximum Gasteiger partial charge on any atom is 0.227 e. The summed E-state index contributed by atoms with van der Waals surface area (Å²) in [5.41, 5.74) is 1.03. The maximum absolute atomic E-state index is 12.0. The van der Waals surface area contributed by atoms with Crippen molar-refractivity contribution in [2.75, 3.05) is 7.05 Å². The van der Waals surface area contributed by atoms with E-state index < -0.39 is 5.41 Å². The van der Waals surface area contributed by atoms with Crippen LogP contribution in [0.5, 0.6) is 0 Å². The van der Waals surface area contributed by atoms with Crippen molar-refractivity contribution in [1.29, 1.82) is 0 Å². The van der Waals surface area contributed by atoms with E-state index >= 15 is 0 Å². The monoisotopic (exact) mass is 327 g/mol. The summed E-state index contributed by atoms with van der Waals surface area (Å²) >= 11 is 12.5. The Morgan fingerprint density at radius 1 is 1.48 bits per heavy atom. The predicted octanol–water partition coefficient (Wildman–Crippen LogP) is 3.76. The number of fused-ring (bicyclic) bond motifs is 1. The maximum atomic E-state index is 12.0. The molecule has 0 saturated heterocycles. The van der Waals surface area contributed by atoms with Crippen molar-refractivity contribution in [2.45, 2.75) is 32.7 Å². The molecule has 6 heteroatoms. The highest BCUT2D eigenvalue weighted by Gasteiger charge is 2.30. The molecule has 0 aliphatic rings. The molecular weight excluding hydrogens is 309 g/mol. The number of aromatic nitrogens is 2. The fraction of sp³-hybridized carbons (Fsp3) is 0.467. The van der Waals surface area contributed by atoms with E-state index in [0.29, 0.717) is 11.6 Å². The van der Waals surface area contributed by atoms with Crippen molar-refractivity contribution in [2.24, 2.45) is 5.41 Å². The van der Waals surface area contributed by atoms with Crippen LogP contribution in [0.3, 0.4) is 0 Å². The summed E-state index contributed by atoms with van der Waals surface area (Å²) in [5, 5.41) is 3.01. The lowest BCUT2D eigenvalue weighted by Gasteiger charge is -2.25. The van der Waals surface area contributed by atoms with E-state index in [-0.39, 0.29) is 11.3 Å². The van der Waals surface area contributed by atoms with Gasteiger partial charge >= 0.3 is 0 Å². The third-order valence-corrected chi connectivity index (χ3v) is 4.01. The third kappa shape index (κ3) is 3.01. The minimum Gasteiger partial charge on any atom is -0.359 e. The first kappa shape index (κ1) is 16.1. The molecule has 114 valence electrons. The predicted molar refractivity (Wildman–Crippen MR) is 86.9 cm³/mol. The molecule has 1 aromatic carbocycles. The average molecular weight is 328 g/mol. The largest absolute Gasteiger partial charge is 0.359 e. The van der Waals surface area contributed by atoms with Crippen molar-refractivity contribution >= 4 is 40.1 Å². The smallest absolute Gasteiger partial charge is 0.227 e. The second-order valence-electron chi connectivity index (χ2n) is 5.74. The van der Waals surface area contributed by atoms with Gasteiger partial charge in [-0.05, 0) is 32.9 Å². The normalized spacial score (nSPS) is 13.4. The fourth-order valence-electron chi connectivity index (χ4n) is 2.41. The Balaban J connectivity index is 2.59. The number of hydrogen-bond donors (Lipinski definition) is 1. The van der Waals surface area contributed by atoms with Gasteiger partial charge in [0.05, 0.1) is 21.3 Å². The van der Waals surface area contributed by atoms with Crippen molar-refractivity contribution in [1.82, 2.24) is 14.9 Å². The number of carbonyl (C=O) groups excluding carboxylic acids is 1. The van der Waals surface area contributed by atoms with Gasteiger partial charge < -0.3 is 9.88 Å². The highest BCUT2D eigenvalue weighted by atomic mass is 35.5. The van der Waals surface area contributed by atoms with E-state index in [4.69, 9.17) is 23.2 Å². The van der Waals surface area contributed by atoms with Gasteiger partial charge in [-0.15, -0.1) is 11.6 Å².